The lowest BCUT2D eigenvalue weighted by molar-refractivity contribution is 0.269. The average molecular weight is 473 g/mol. The van der Waals surface area contributed by atoms with Crippen molar-refractivity contribution in [3.8, 4) is 23.6 Å². The normalized spacial score (nSPS) is 11.1. The molecule has 6 nitrogen and oxygen atoms in total. The summed E-state index contributed by atoms with van der Waals surface area (Å²) in [6, 6.07) is 18.9. The molecule has 0 unspecified atom stereocenters. The summed E-state index contributed by atoms with van der Waals surface area (Å²) in [7, 11) is 0. The van der Waals surface area contributed by atoms with Crippen molar-refractivity contribution in [1.29, 1.82) is 10.5 Å². The summed E-state index contributed by atoms with van der Waals surface area (Å²) in [6.45, 7) is 2.34. The Kier molecular flexibility index (Phi) is 6.77. The number of fused-ring (bicyclic) bond motifs is 1. The minimum Gasteiger partial charge on any atom is -0.490 e. The van der Waals surface area contributed by atoms with E-state index in [1.807, 2.05) is 19.1 Å². The van der Waals surface area contributed by atoms with E-state index in [0.29, 0.717) is 46.1 Å². The molecule has 0 spiro atoms. The molecule has 0 bridgehead atoms. The maximum Gasteiger partial charge on any atom is 0.180 e. The van der Waals surface area contributed by atoms with Crippen LogP contribution in [0.15, 0.2) is 54.6 Å². The summed E-state index contributed by atoms with van der Waals surface area (Å²) in [5.74, 6) is 0.655. The Morgan fingerprint density at radius 3 is 2.74 bits per heavy atom. The smallest absolute Gasteiger partial charge is 0.180 e. The molecule has 0 saturated carbocycles. The highest BCUT2D eigenvalue weighted by molar-refractivity contribution is 6.32. The van der Waals surface area contributed by atoms with Gasteiger partial charge in [-0.1, -0.05) is 29.8 Å². The molecule has 4 aromatic rings. The van der Waals surface area contributed by atoms with Crippen LogP contribution in [0.3, 0.4) is 0 Å². The van der Waals surface area contributed by atoms with Gasteiger partial charge in [0.25, 0.3) is 0 Å². The maximum atomic E-state index is 13.5. The standard InChI is InChI=1S/C26H18ClFN4O2/c1-2-33-24-11-16(9-19(14-30)26-31-22-8-7-20(28)12-23(22)32-26)10-21(27)25(24)34-15-18-6-4-3-5-17(18)13-29/h3-12H,2,15H2,1H3,(H,31,32)/b19-9-. The maximum absolute atomic E-state index is 13.5. The monoisotopic (exact) mass is 472 g/mol. The molecule has 8 heteroatoms. The summed E-state index contributed by atoms with van der Waals surface area (Å²) in [5, 5.41) is 19.3. The Bertz CT molecular complexity index is 1480. The quantitative estimate of drug-likeness (QED) is 0.320. The highest BCUT2D eigenvalue weighted by Crippen LogP contribution is 2.38. The van der Waals surface area contributed by atoms with Crippen molar-refractivity contribution in [3.63, 3.8) is 0 Å². The summed E-state index contributed by atoms with van der Waals surface area (Å²) < 4.78 is 25.2. The third-order valence-corrected chi connectivity index (χ3v) is 5.25. The molecule has 0 aliphatic carbocycles. The van der Waals surface area contributed by atoms with Crippen LogP contribution in [0, 0.1) is 28.5 Å². The second-order valence-electron chi connectivity index (χ2n) is 7.24. The molecule has 0 fully saturated rings. The molecular formula is C26H18ClFN4O2. The number of benzene rings is 3. The summed E-state index contributed by atoms with van der Waals surface area (Å²) in [5.41, 5.74) is 3.12. The summed E-state index contributed by atoms with van der Waals surface area (Å²) >= 11 is 6.52. The molecular weight excluding hydrogens is 455 g/mol. The fraction of sp³-hybridized carbons (Fsp3) is 0.115. The highest BCUT2D eigenvalue weighted by atomic mass is 35.5. The Morgan fingerprint density at radius 1 is 1.15 bits per heavy atom. The van der Waals surface area contributed by atoms with Gasteiger partial charge in [0.05, 0.1) is 39.9 Å². The second kappa shape index (κ2) is 10.1. The van der Waals surface area contributed by atoms with E-state index < -0.39 is 5.82 Å². The minimum atomic E-state index is -0.397. The third kappa shape index (κ3) is 4.85. The zero-order valence-corrected chi connectivity index (χ0v) is 18.9. The molecule has 34 heavy (non-hydrogen) atoms. The molecule has 0 atom stereocenters. The lowest BCUT2D eigenvalue weighted by Crippen LogP contribution is -2.02. The van der Waals surface area contributed by atoms with Crippen molar-refractivity contribution in [3.05, 3.63) is 88.0 Å². The number of aromatic nitrogens is 2. The van der Waals surface area contributed by atoms with Crippen LogP contribution < -0.4 is 9.47 Å². The Morgan fingerprint density at radius 2 is 1.97 bits per heavy atom. The number of rotatable bonds is 7. The van der Waals surface area contributed by atoms with Gasteiger partial charge in [-0.15, -0.1) is 0 Å². The topological polar surface area (TPSA) is 94.7 Å². The van der Waals surface area contributed by atoms with Crippen LogP contribution >= 0.6 is 11.6 Å². The van der Waals surface area contributed by atoms with Crippen LogP contribution in [0.1, 0.15) is 29.4 Å². The molecule has 0 aliphatic rings. The van der Waals surface area contributed by atoms with Crippen molar-refractivity contribution in [2.24, 2.45) is 0 Å². The van der Waals surface area contributed by atoms with E-state index in [2.05, 4.69) is 22.1 Å². The lowest BCUT2D eigenvalue weighted by Gasteiger charge is -2.15. The first-order valence-corrected chi connectivity index (χ1v) is 10.7. The van der Waals surface area contributed by atoms with Gasteiger partial charge < -0.3 is 14.5 Å². The van der Waals surface area contributed by atoms with Gasteiger partial charge in [0.2, 0.25) is 0 Å². The van der Waals surface area contributed by atoms with Crippen molar-refractivity contribution < 1.29 is 13.9 Å². The van der Waals surface area contributed by atoms with Crippen LogP contribution in [-0.4, -0.2) is 16.6 Å². The molecule has 0 amide bonds. The Balaban J connectivity index is 1.67. The predicted molar refractivity (Wildman–Crippen MR) is 128 cm³/mol. The number of aromatic amines is 1. The lowest BCUT2D eigenvalue weighted by atomic mass is 10.1. The van der Waals surface area contributed by atoms with Gasteiger partial charge in [-0.3, -0.25) is 0 Å². The number of hydrogen-bond donors (Lipinski definition) is 1. The second-order valence-corrected chi connectivity index (χ2v) is 7.64. The van der Waals surface area contributed by atoms with E-state index in [1.165, 1.54) is 12.1 Å². The fourth-order valence-corrected chi connectivity index (χ4v) is 3.68. The van der Waals surface area contributed by atoms with Gasteiger partial charge in [0.1, 0.15) is 24.3 Å². The number of nitrogens with one attached hydrogen (secondary N) is 1. The van der Waals surface area contributed by atoms with Crippen molar-refractivity contribution in [1.82, 2.24) is 9.97 Å². The number of ether oxygens (including phenoxy) is 2. The van der Waals surface area contributed by atoms with Gasteiger partial charge in [0.15, 0.2) is 11.5 Å². The van der Waals surface area contributed by atoms with Crippen LogP contribution in [0.4, 0.5) is 4.39 Å². The fourth-order valence-electron chi connectivity index (χ4n) is 3.41. The Labute approximate surface area is 200 Å². The predicted octanol–water partition coefficient (Wildman–Crippen LogP) is 6.27. The highest BCUT2D eigenvalue weighted by Gasteiger charge is 2.15. The number of hydrogen-bond acceptors (Lipinski definition) is 5. The molecule has 1 heterocycles. The first kappa shape index (κ1) is 22.8. The van der Waals surface area contributed by atoms with Crippen LogP contribution in [-0.2, 0) is 6.61 Å². The van der Waals surface area contributed by atoms with Crippen LogP contribution in [0.5, 0.6) is 11.5 Å². The molecule has 0 radical (unpaired) electrons. The largest absolute Gasteiger partial charge is 0.490 e. The molecule has 168 valence electrons. The average Bonchev–Trinajstić information content (AvgIpc) is 3.25. The van der Waals surface area contributed by atoms with Crippen LogP contribution in [0.25, 0.3) is 22.7 Å². The minimum absolute atomic E-state index is 0.137. The Hall–Kier alpha value is -4.33. The molecule has 4 rings (SSSR count). The number of allylic oxidation sites excluding steroid dienone is 1. The number of nitrogens with zero attached hydrogens (tertiary/aromatic N) is 3. The van der Waals surface area contributed by atoms with E-state index in [9.17, 15) is 14.9 Å². The molecule has 1 N–H and O–H groups in total. The van der Waals surface area contributed by atoms with Gasteiger partial charge in [-0.25, -0.2) is 9.37 Å². The van der Waals surface area contributed by atoms with Gasteiger partial charge >= 0.3 is 0 Å². The first-order chi connectivity index (χ1) is 16.5. The summed E-state index contributed by atoms with van der Waals surface area (Å²) in [6.07, 6.45) is 1.61. The number of H-pyrrole nitrogens is 1. The molecule has 0 saturated heterocycles. The van der Waals surface area contributed by atoms with Crippen molar-refractivity contribution in [2.45, 2.75) is 13.5 Å². The number of nitriles is 2. The molecule has 1 aromatic heterocycles. The van der Waals surface area contributed by atoms with Crippen molar-refractivity contribution in [2.75, 3.05) is 6.61 Å². The summed E-state index contributed by atoms with van der Waals surface area (Å²) in [4.78, 5) is 7.34. The van der Waals surface area contributed by atoms with E-state index in [-0.39, 0.29) is 17.2 Å². The van der Waals surface area contributed by atoms with E-state index in [1.54, 1.807) is 36.4 Å². The zero-order chi connectivity index (χ0) is 24.1. The SMILES string of the molecule is CCOc1cc(/C=C(/C#N)c2nc3ccc(F)cc3[nH]2)cc(Cl)c1OCc1ccccc1C#N. The zero-order valence-electron chi connectivity index (χ0n) is 18.1. The number of halogens is 2. The van der Waals surface area contributed by atoms with Gasteiger partial charge in [0, 0.05) is 5.56 Å². The molecule has 0 aliphatic heterocycles. The number of imidazole rings is 1. The van der Waals surface area contributed by atoms with E-state index >= 15 is 0 Å². The van der Waals surface area contributed by atoms with Crippen molar-refractivity contribution >= 4 is 34.3 Å². The van der Waals surface area contributed by atoms with Crippen LogP contribution in [0.2, 0.25) is 5.02 Å². The first-order valence-electron chi connectivity index (χ1n) is 10.4. The third-order valence-electron chi connectivity index (χ3n) is 4.97. The van der Waals surface area contributed by atoms with Gasteiger partial charge in [-0.2, -0.15) is 10.5 Å². The molecule has 3 aromatic carbocycles. The van der Waals surface area contributed by atoms with Gasteiger partial charge in [-0.05, 0) is 55.0 Å². The van der Waals surface area contributed by atoms with E-state index in [0.717, 1.165) is 5.56 Å². The van der Waals surface area contributed by atoms with E-state index in [4.69, 9.17) is 21.1 Å².